The SMILES string of the molecule is COCC(C)(C(=O)O)n1cc(-c2ccc(Br)cc2)cn1. The highest BCUT2D eigenvalue weighted by molar-refractivity contribution is 9.10. The molecule has 5 nitrogen and oxygen atoms in total. The van der Waals surface area contributed by atoms with Gasteiger partial charge in [-0.25, -0.2) is 4.79 Å². The lowest BCUT2D eigenvalue weighted by Crippen LogP contribution is -2.43. The second-order valence-corrected chi connectivity index (χ2v) is 5.61. The zero-order valence-corrected chi connectivity index (χ0v) is 12.8. The summed E-state index contributed by atoms with van der Waals surface area (Å²) in [4.78, 5) is 11.5. The molecule has 0 spiro atoms. The van der Waals surface area contributed by atoms with Crippen molar-refractivity contribution in [1.82, 2.24) is 9.78 Å². The first-order chi connectivity index (χ1) is 9.47. The summed E-state index contributed by atoms with van der Waals surface area (Å²) in [7, 11) is 1.47. The third kappa shape index (κ3) is 2.76. The molecule has 1 heterocycles. The van der Waals surface area contributed by atoms with E-state index in [1.165, 1.54) is 11.8 Å². The van der Waals surface area contributed by atoms with Crippen molar-refractivity contribution in [2.75, 3.05) is 13.7 Å². The summed E-state index contributed by atoms with van der Waals surface area (Å²) in [6.07, 6.45) is 3.37. The van der Waals surface area contributed by atoms with Crippen molar-refractivity contribution >= 4 is 21.9 Å². The Hall–Kier alpha value is -1.66. The molecule has 0 aliphatic heterocycles. The maximum Gasteiger partial charge on any atom is 0.333 e. The quantitative estimate of drug-likeness (QED) is 0.910. The summed E-state index contributed by atoms with van der Waals surface area (Å²) in [5.74, 6) is -0.982. The lowest BCUT2D eigenvalue weighted by molar-refractivity contribution is -0.150. The molecule has 0 saturated carbocycles. The molecule has 2 rings (SSSR count). The highest BCUT2D eigenvalue weighted by Crippen LogP contribution is 2.24. The van der Waals surface area contributed by atoms with Gasteiger partial charge in [-0.15, -0.1) is 0 Å². The first kappa shape index (κ1) is 14.7. The molecule has 6 heteroatoms. The number of hydrogen-bond acceptors (Lipinski definition) is 3. The van der Waals surface area contributed by atoms with E-state index in [-0.39, 0.29) is 6.61 Å². The molecule has 0 aliphatic carbocycles. The monoisotopic (exact) mass is 338 g/mol. The summed E-state index contributed by atoms with van der Waals surface area (Å²) < 4.78 is 7.42. The standard InChI is InChI=1S/C14H15BrN2O3/c1-14(9-20-2,13(18)19)17-8-11(7-16-17)10-3-5-12(15)6-4-10/h3-8H,9H2,1-2H3,(H,18,19). The van der Waals surface area contributed by atoms with Crippen molar-refractivity contribution in [3.8, 4) is 11.1 Å². The van der Waals surface area contributed by atoms with Gasteiger partial charge in [0.2, 0.25) is 0 Å². The number of rotatable bonds is 5. The maximum atomic E-state index is 11.5. The molecular weight excluding hydrogens is 324 g/mol. The van der Waals surface area contributed by atoms with Gasteiger partial charge >= 0.3 is 5.97 Å². The van der Waals surface area contributed by atoms with Crippen LogP contribution in [0.4, 0.5) is 0 Å². The summed E-state index contributed by atoms with van der Waals surface area (Å²) in [5, 5.41) is 13.6. The number of benzene rings is 1. The van der Waals surface area contributed by atoms with E-state index < -0.39 is 11.5 Å². The second-order valence-electron chi connectivity index (χ2n) is 4.69. The molecule has 1 N–H and O–H groups in total. The minimum Gasteiger partial charge on any atom is -0.479 e. The smallest absolute Gasteiger partial charge is 0.333 e. The molecule has 0 fully saturated rings. The predicted octanol–water partition coefficient (Wildman–Crippen LogP) is 2.76. The Balaban J connectivity index is 2.36. The number of nitrogens with zero attached hydrogens (tertiary/aromatic N) is 2. The number of carbonyl (C=O) groups is 1. The molecule has 0 bridgehead atoms. The van der Waals surface area contributed by atoms with Gasteiger partial charge in [-0.3, -0.25) is 4.68 Å². The van der Waals surface area contributed by atoms with Crippen molar-refractivity contribution in [2.45, 2.75) is 12.5 Å². The zero-order chi connectivity index (χ0) is 14.8. The van der Waals surface area contributed by atoms with Gasteiger partial charge in [0.1, 0.15) is 0 Å². The number of aromatic nitrogens is 2. The molecule has 1 aromatic carbocycles. The first-order valence-electron chi connectivity index (χ1n) is 6.01. The molecule has 2 aromatic rings. The van der Waals surface area contributed by atoms with Crippen LogP contribution in [0.1, 0.15) is 6.92 Å². The van der Waals surface area contributed by atoms with Crippen LogP contribution in [0.3, 0.4) is 0 Å². The number of ether oxygens (including phenoxy) is 1. The molecule has 0 saturated heterocycles. The molecule has 0 aliphatic rings. The Bertz CT molecular complexity index is 609. The highest BCUT2D eigenvalue weighted by Gasteiger charge is 2.36. The van der Waals surface area contributed by atoms with Gasteiger partial charge in [-0.05, 0) is 24.6 Å². The fraction of sp³-hybridized carbons (Fsp3) is 0.286. The second kappa shape index (κ2) is 5.76. The molecule has 0 amide bonds. The van der Waals surface area contributed by atoms with E-state index in [2.05, 4.69) is 21.0 Å². The average molecular weight is 339 g/mol. The van der Waals surface area contributed by atoms with Gasteiger partial charge in [0.25, 0.3) is 0 Å². The normalized spacial score (nSPS) is 13.9. The van der Waals surface area contributed by atoms with Gasteiger partial charge in [-0.1, -0.05) is 28.1 Å². The summed E-state index contributed by atoms with van der Waals surface area (Å²) >= 11 is 3.38. The first-order valence-corrected chi connectivity index (χ1v) is 6.80. The third-order valence-electron chi connectivity index (χ3n) is 3.15. The van der Waals surface area contributed by atoms with E-state index in [1.54, 1.807) is 19.3 Å². The largest absolute Gasteiger partial charge is 0.479 e. The summed E-state index contributed by atoms with van der Waals surface area (Å²) in [6.45, 7) is 1.63. The number of halogens is 1. The van der Waals surface area contributed by atoms with Gasteiger partial charge < -0.3 is 9.84 Å². The van der Waals surface area contributed by atoms with Crippen LogP contribution < -0.4 is 0 Å². The van der Waals surface area contributed by atoms with E-state index in [4.69, 9.17) is 4.74 Å². The molecule has 1 aromatic heterocycles. The molecule has 0 radical (unpaired) electrons. The molecule has 20 heavy (non-hydrogen) atoms. The Morgan fingerprint density at radius 3 is 2.60 bits per heavy atom. The number of methoxy groups -OCH3 is 1. The van der Waals surface area contributed by atoms with E-state index in [9.17, 15) is 9.90 Å². The van der Waals surface area contributed by atoms with Crippen LogP contribution in [0.5, 0.6) is 0 Å². The van der Waals surface area contributed by atoms with Crippen LogP contribution in [-0.4, -0.2) is 34.6 Å². The van der Waals surface area contributed by atoms with E-state index in [0.29, 0.717) is 0 Å². The number of carboxylic acids is 1. The van der Waals surface area contributed by atoms with Crippen LogP contribution in [-0.2, 0) is 15.1 Å². The van der Waals surface area contributed by atoms with Gasteiger partial charge in [0, 0.05) is 23.3 Å². The van der Waals surface area contributed by atoms with Gasteiger partial charge in [0.15, 0.2) is 5.54 Å². The van der Waals surface area contributed by atoms with Crippen molar-refractivity contribution in [2.24, 2.45) is 0 Å². The van der Waals surface area contributed by atoms with Crippen LogP contribution in [0.25, 0.3) is 11.1 Å². The Kier molecular flexibility index (Phi) is 4.25. The zero-order valence-electron chi connectivity index (χ0n) is 11.2. The Labute approximate surface area is 125 Å². The van der Waals surface area contributed by atoms with Crippen molar-refractivity contribution in [1.29, 1.82) is 0 Å². The van der Waals surface area contributed by atoms with Crippen LogP contribution in [0, 0.1) is 0 Å². The fourth-order valence-electron chi connectivity index (χ4n) is 1.89. The van der Waals surface area contributed by atoms with Gasteiger partial charge in [-0.2, -0.15) is 5.10 Å². The minimum absolute atomic E-state index is 0.0454. The summed E-state index contributed by atoms with van der Waals surface area (Å²) in [5.41, 5.74) is 0.619. The van der Waals surface area contributed by atoms with Crippen molar-refractivity contribution in [3.05, 3.63) is 41.1 Å². The van der Waals surface area contributed by atoms with Crippen molar-refractivity contribution in [3.63, 3.8) is 0 Å². The average Bonchev–Trinajstić information content (AvgIpc) is 2.89. The molecular formula is C14H15BrN2O3. The summed E-state index contributed by atoms with van der Waals surface area (Å²) in [6, 6.07) is 7.75. The predicted molar refractivity (Wildman–Crippen MR) is 78.5 cm³/mol. The van der Waals surface area contributed by atoms with E-state index in [0.717, 1.165) is 15.6 Å². The van der Waals surface area contributed by atoms with Gasteiger partial charge in [0.05, 0.1) is 12.8 Å². The molecule has 1 atom stereocenters. The molecule has 106 valence electrons. The highest BCUT2D eigenvalue weighted by atomic mass is 79.9. The number of carboxylic acid groups (broad SMARTS) is 1. The third-order valence-corrected chi connectivity index (χ3v) is 3.68. The topological polar surface area (TPSA) is 64.3 Å². The number of aliphatic carboxylic acids is 1. The maximum absolute atomic E-state index is 11.5. The minimum atomic E-state index is -1.22. The number of hydrogen-bond donors (Lipinski definition) is 1. The lowest BCUT2D eigenvalue weighted by Gasteiger charge is -2.24. The van der Waals surface area contributed by atoms with Crippen molar-refractivity contribution < 1.29 is 14.6 Å². The van der Waals surface area contributed by atoms with E-state index in [1.807, 2.05) is 24.3 Å². The lowest BCUT2D eigenvalue weighted by atomic mass is 10.0. The Morgan fingerprint density at radius 1 is 1.40 bits per heavy atom. The van der Waals surface area contributed by atoms with E-state index >= 15 is 0 Å². The van der Waals surface area contributed by atoms with Crippen LogP contribution in [0.15, 0.2) is 41.1 Å². The Morgan fingerprint density at radius 2 is 2.05 bits per heavy atom. The van der Waals surface area contributed by atoms with Crippen LogP contribution in [0.2, 0.25) is 0 Å². The van der Waals surface area contributed by atoms with Crippen LogP contribution >= 0.6 is 15.9 Å². The molecule has 1 unspecified atom stereocenters. The fourth-order valence-corrected chi connectivity index (χ4v) is 2.16.